The van der Waals surface area contributed by atoms with Gasteiger partial charge in [0.2, 0.25) is 5.78 Å². The van der Waals surface area contributed by atoms with Crippen molar-refractivity contribution in [2.45, 2.75) is 24.6 Å². The maximum absolute atomic E-state index is 12.7. The number of fused-ring (bicyclic) bond motifs is 1. The predicted octanol–water partition coefficient (Wildman–Crippen LogP) is 2.82. The summed E-state index contributed by atoms with van der Waals surface area (Å²) in [5.74, 6) is -0.582. The molecule has 22 heavy (non-hydrogen) atoms. The van der Waals surface area contributed by atoms with E-state index in [9.17, 15) is 9.59 Å². The molecule has 0 aliphatic carbocycles. The maximum atomic E-state index is 12.7. The van der Waals surface area contributed by atoms with Crippen LogP contribution in [0, 0.1) is 0 Å². The third-order valence-corrected chi connectivity index (χ3v) is 4.95. The number of nitrogens with one attached hydrogen (secondary N) is 1. The van der Waals surface area contributed by atoms with Crippen LogP contribution in [0.5, 0.6) is 0 Å². The fourth-order valence-corrected chi connectivity index (χ4v) is 3.65. The Morgan fingerprint density at radius 1 is 1.32 bits per heavy atom. The quantitative estimate of drug-likeness (QED) is 0.698. The summed E-state index contributed by atoms with van der Waals surface area (Å²) in [7, 11) is 1.33. The number of aliphatic imine (C=N–C) groups is 1. The van der Waals surface area contributed by atoms with Gasteiger partial charge in [-0.3, -0.25) is 9.79 Å². The van der Waals surface area contributed by atoms with Gasteiger partial charge in [0.15, 0.2) is 6.04 Å². The van der Waals surface area contributed by atoms with E-state index >= 15 is 0 Å². The van der Waals surface area contributed by atoms with Crippen LogP contribution in [0.15, 0.2) is 35.5 Å². The highest BCUT2D eigenvalue weighted by atomic mass is 32.2. The van der Waals surface area contributed by atoms with Crippen LogP contribution >= 0.6 is 11.8 Å². The number of carbonyl (C=O) groups is 2. The number of benzene rings is 1. The van der Waals surface area contributed by atoms with Gasteiger partial charge in [0.25, 0.3) is 0 Å². The van der Waals surface area contributed by atoms with Crippen molar-refractivity contribution in [2.75, 3.05) is 7.11 Å². The molecule has 0 unspecified atom stereocenters. The molecule has 0 radical (unpaired) electrons. The Morgan fingerprint density at radius 2 is 2.05 bits per heavy atom. The first-order chi connectivity index (χ1) is 10.4. The molecule has 1 N–H and O–H groups in total. The molecule has 0 saturated carbocycles. The van der Waals surface area contributed by atoms with E-state index in [1.807, 2.05) is 38.1 Å². The number of nitrogens with zero attached hydrogens (tertiary/aromatic N) is 1. The number of ether oxygens (including phenoxy) is 1. The standard InChI is InChI=1S/C16H16N2O3S/c1-16(2)13(15(20)21-3)18-14(22-16)12(19)10-8-17-11-7-5-4-6-9(10)11/h4-8,13,17H,1-3H3/t13-/m0/s1. The topological polar surface area (TPSA) is 71.5 Å². The number of carbonyl (C=O) groups excluding carboxylic acids is 2. The van der Waals surface area contributed by atoms with Crippen LogP contribution in [0.25, 0.3) is 10.9 Å². The van der Waals surface area contributed by atoms with Crippen molar-refractivity contribution < 1.29 is 14.3 Å². The highest BCUT2D eigenvalue weighted by Gasteiger charge is 2.45. The van der Waals surface area contributed by atoms with Crippen molar-refractivity contribution in [1.29, 1.82) is 0 Å². The van der Waals surface area contributed by atoms with Crippen molar-refractivity contribution in [1.82, 2.24) is 4.98 Å². The molecular formula is C16H16N2O3S. The van der Waals surface area contributed by atoms with E-state index < -0.39 is 16.8 Å². The van der Waals surface area contributed by atoms with Gasteiger partial charge in [-0.25, -0.2) is 4.79 Å². The number of methoxy groups -OCH3 is 1. The van der Waals surface area contributed by atoms with Gasteiger partial charge in [-0.1, -0.05) is 30.0 Å². The Kier molecular flexibility index (Phi) is 3.56. The molecule has 1 atom stereocenters. The van der Waals surface area contributed by atoms with Gasteiger partial charge < -0.3 is 9.72 Å². The molecule has 0 saturated heterocycles. The fourth-order valence-electron chi connectivity index (χ4n) is 2.53. The zero-order valence-corrected chi connectivity index (χ0v) is 13.4. The first-order valence-electron chi connectivity index (χ1n) is 6.89. The van der Waals surface area contributed by atoms with Crippen molar-refractivity contribution in [3.8, 4) is 0 Å². The zero-order chi connectivity index (χ0) is 15.9. The van der Waals surface area contributed by atoms with Crippen LogP contribution < -0.4 is 0 Å². The highest BCUT2D eigenvalue weighted by Crippen LogP contribution is 2.39. The molecule has 1 aliphatic rings. The third kappa shape index (κ3) is 2.33. The summed E-state index contributed by atoms with van der Waals surface area (Å²) in [6, 6.07) is 6.94. The van der Waals surface area contributed by atoms with Gasteiger partial charge in [-0.15, -0.1) is 0 Å². The molecule has 1 aromatic carbocycles. The smallest absolute Gasteiger partial charge is 0.332 e. The second-order valence-corrected chi connectivity index (χ2v) is 7.29. The van der Waals surface area contributed by atoms with Gasteiger partial charge in [0, 0.05) is 21.8 Å². The van der Waals surface area contributed by atoms with E-state index in [1.54, 1.807) is 6.20 Å². The molecule has 3 rings (SSSR count). The lowest BCUT2D eigenvalue weighted by Gasteiger charge is -2.21. The molecular weight excluding hydrogens is 300 g/mol. The first-order valence-corrected chi connectivity index (χ1v) is 7.71. The normalized spacial score (nSPS) is 20.0. The summed E-state index contributed by atoms with van der Waals surface area (Å²) in [4.78, 5) is 32.0. The van der Waals surface area contributed by atoms with E-state index in [-0.39, 0.29) is 5.78 Å². The number of hydrogen-bond donors (Lipinski definition) is 1. The number of rotatable bonds is 3. The number of ketones is 1. The molecule has 114 valence electrons. The van der Waals surface area contributed by atoms with E-state index in [0.29, 0.717) is 10.6 Å². The van der Waals surface area contributed by atoms with Crippen LogP contribution in [-0.4, -0.2) is 39.7 Å². The third-order valence-electron chi connectivity index (χ3n) is 3.72. The summed E-state index contributed by atoms with van der Waals surface area (Å²) >= 11 is 1.32. The monoisotopic (exact) mass is 316 g/mol. The average molecular weight is 316 g/mol. The Hall–Kier alpha value is -2.08. The van der Waals surface area contributed by atoms with E-state index in [2.05, 4.69) is 9.98 Å². The number of thioether (sulfide) groups is 1. The fraction of sp³-hybridized carbons (Fsp3) is 0.312. The van der Waals surface area contributed by atoms with Crippen LogP contribution in [0.2, 0.25) is 0 Å². The minimum atomic E-state index is -0.661. The lowest BCUT2D eigenvalue weighted by Crippen LogP contribution is -2.35. The van der Waals surface area contributed by atoms with Crippen molar-refractivity contribution in [3.63, 3.8) is 0 Å². The summed E-state index contributed by atoms with van der Waals surface area (Å²) in [5, 5.41) is 1.21. The molecule has 6 heteroatoms. The van der Waals surface area contributed by atoms with E-state index in [0.717, 1.165) is 10.9 Å². The van der Waals surface area contributed by atoms with Crippen LogP contribution in [0.1, 0.15) is 24.2 Å². The average Bonchev–Trinajstić information content (AvgIpc) is 3.06. The van der Waals surface area contributed by atoms with E-state index in [1.165, 1.54) is 18.9 Å². The molecule has 1 aliphatic heterocycles. The van der Waals surface area contributed by atoms with E-state index in [4.69, 9.17) is 4.74 Å². The Balaban J connectivity index is 1.98. The zero-order valence-electron chi connectivity index (χ0n) is 12.5. The van der Waals surface area contributed by atoms with Crippen molar-refractivity contribution in [2.24, 2.45) is 4.99 Å². The lowest BCUT2D eigenvalue weighted by atomic mass is 10.0. The number of para-hydroxylation sites is 1. The van der Waals surface area contributed by atoms with Gasteiger partial charge in [0.1, 0.15) is 5.04 Å². The number of H-pyrrole nitrogens is 1. The van der Waals surface area contributed by atoms with Crippen LogP contribution in [-0.2, 0) is 9.53 Å². The first kappa shape index (κ1) is 14.8. The minimum Gasteiger partial charge on any atom is -0.467 e. The summed E-state index contributed by atoms with van der Waals surface area (Å²) in [6.45, 7) is 3.77. The molecule has 0 bridgehead atoms. The summed E-state index contributed by atoms with van der Waals surface area (Å²) in [6.07, 6.45) is 1.69. The van der Waals surface area contributed by atoms with Gasteiger partial charge in [-0.05, 0) is 19.9 Å². The Morgan fingerprint density at radius 3 is 2.77 bits per heavy atom. The molecule has 0 spiro atoms. The molecule has 0 amide bonds. The van der Waals surface area contributed by atoms with Crippen molar-refractivity contribution in [3.05, 3.63) is 36.0 Å². The van der Waals surface area contributed by atoms with Gasteiger partial charge in [-0.2, -0.15) is 0 Å². The lowest BCUT2D eigenvalue weighted by molar-refractivity contribution is -0.142. The SMILES string of the molecule is COC(=O)[C@@H]1N=C(C(=O)c2c[nH]c3ccccc23)SC1(C)C. The predicted molar refractivity (Wildman–Crippen MR) is 87.5 cm³/mol. The van der Waals surface area contributed by atoms with Gasteiger partial charge in [0.05, 0.1) is 12.7 Å². The molecule has 2 heterocycles. The Labute approximate surface area is 132 Å². The number of Topliss-reactive ketones (excluding diaryl/α,β-unsaturated/α-hetero) is 1. The van der Waals surface area contributed by atoms with Crippen LogP contribution in [0.3, 0.4) is 0 Å². The second-order valence-electron chi connectivity index (χ2n) is 5.64. The molecule has 1 aromatic heterocycles. The van der Waals surface area contributed by atoms with Crippen LogP contribution in [0.4, 0.5) is 0 Å². The summed E-state index contributed by atoms with van der Waals surface area (Å²) in [5.41, 5.74) is 1.47. The second kappa shape index (κ2) is 5.28. The van der Waals surface area contributed by atoms with Crippen molar-refractivity contribution >= 4 is 39.5 Å². The van der Waals surface area contributed by atoms with Gasteiger partial charge >= 0.3 is 5.97 Å². The summed E-state index contributed by atoms with van der Waals surface area (Å²) < 4.78 is 4.29. The molecule has 2 aromatic rings. The maximum Gasteiger partial charge on any atom is 0.332 e. The number of hydrogen-bond acceptors (Lipinski definition) is 5. The Bertz CT molecular complexity index is 792. The highest BCUT2D eigenvalue weighted by molar-refractivity contribution is 8.17. The molecule has 5 nitrogen and oxygen atoms in total. The number of aromatic nitrogens is 1. The minimum absolute atomic E-state index is 0.165. The largest absolute Gasteiger partial charge is 0.467 e. The number of esters is 1. The number of aromatic amines is 1. The molecule has 0 fully saturated rings.